The molecule has 0 aromatic heterocycles. The third kappa shape index (κ3) is 3.74. The molecule has 0 fully saturated rings. The number of methoxy groups -OCH3 is 1. The molecule has 6 heteroatoms. The first-order valence-electron chi connectivity index (χ1n) is 5.46. The lowest BCUT2D eigenvalue weighted by Gasteiger charge is -2.13. The second kappa shape index (κ2) is 6.02. The molecular weight excluding hydrogens is 234 g/mol. The number of nitrogens with two attached hydrogens (primary N) is 1. The minimum absolute atomic E-state index is 0.190. The molecule has 98 valence electrons. The number of carbonyl (C=O) groups excluding carboxylic acids is 2. The maximum absolute atomic E-state index is 11.5. The largest absolute Gasteiger partial charge is 0.495 e. The van der Waals surface area contributed by atoms with Crippen LogP contribution in [0.1, 0.15) is 13.8 Å². The van der Waals surface area contributed by atoms with E-state index in [4.69, 9.17) is 10.5 Å². The number of amides is 2. The van der Waals surface area contributed by atoms with Gasteiger partial charge in [0.05, 0.1) is 18.8 Å². The Morgan fingerprint density at radius 1 is 1.33 bits per heavy atom. The fourth-order valence-electron chi connectivity index (χ4n) is 1.33. The minimum atomic E-state index is -0.626. The summed E-state index contributed by atoms with van der Waals surface area (Å²) >= 11 is 0. The highest BCUT2D eigenvalue weighted by molar-refractivity contribution is 5.97. The number of ether oxygens (including phenoxy) is 1. The van der Waals surface area contributed by atoms with Gasteiger partial charge in [-0.25, -0.2) is 0 Å². The van der Waals surface area contributed by atoms with E-state index in [1.54, 1.807) is 25.1 Å². The average molecular weight is 251 g/mol. The molecule has 0 spiro atoms. The molecule has 4 N–H and O–H groups in total. The predicted octanol–water partition coefficient (Wildman–Crippen LogP) is 0.939. The summed E-state index contributed by atoms with van der Waals surface area (Å²) in [5.41, 5.74) is 6.51. The summed E-state index contributed by atoms with van der Waals surface area (Å²) in [5, 5.41) is 5.26. The second-order valence-electron chi connectivity index (χ2n) is 3.87. The van der Waals surface area contributed by atoms with Gasteiger partial charge in [-0.05, 0) is 25.1 Å². The van der Waals surface area contributed by atoms with Crippen LogP contribution in [0.3, 0.4) is 0 Å². The van der Waals surface area contributed by atoms with Gasteiger partial charge in [0.2, 0.25) is 11.8 Å². The lowest BCUT2D eigenvalue weighted by molar-refractivity contribution is -0.117. The van der Waals surface area contributed by atoms with E-state index >= 15 is 0 Å². The zero-order chi connectivity index (χ0) is 13.7. The summed E-state index contributed by atoms with van der Waals surface area (Å²) in [6.07, 6.45) is 0. The van der Waals surface area contributed by atoms with Gasteiger partial charge in [-0.2, -0.15) is 0 Å². The van der Waals surface area contributed by atoms with Crippen molar-refractivity contribution < 1.29 is 14.3 Å². The highest BCUT2D eigenvalue weighted by Crippen LogP contribution is 2.27. The van der Waals surface area contributed by atoms with E-state index in [1.807, 2.05) is 0 Å². The first-order chi connectivity index (χ1) is 8.43. The summed E-state index contributed by atoms with van der Waals surface area (Å²) in [5.74, 6) is -0.0176. The maximum Gasteiger partial charge on any atom is 0.241 e. The van der Waals surface area contributed by atoms with Crippen molar-refractivity contribution >= 4 is 23.2 Å². The van der Waals surface area contributed by atoms with Crippen LogP contribution >= 0.6 is 0 Å². The van der Waals surface area contributed by atoms with Gasteiger partial charge in [-0.1, -0.05) is 0 Å². The molecule has 0 aliphatic rings. The van der Waals surface area contributed by atoms with Crippen LogP contribution < -0.4 is 21.1 Å². The van der Waals surface area contributed by atoms with E-state index in [-0.39, 0.29) is 11.8 Å². The van der Waals surface area contributed by atoms with Gasteiger partial charge in [-0.15, -0.1) is 0 Å². The molecule has 0 aliphatic carbocycles. The van der Waals surface area contributed by atoms with E-state index in [0.717, 1.165) is 0 Å². The van der Waals surface area contributed by atoms with Gasteiger partial charge < -0.3 is 21.1 Å². The summed E-state index contributed by atoms with van der Waals surface area (Å²) < 4.78 is 5.12. The fourth-order valence-corrected chi connectivity index (χ4v) is 1.33. The molecule has 1 aromatic rings. The van der Waals surface area contributed by atoms with E-state index in [0.29, 0.717) is 17.1 Å². The Balaban J connectivity index is 2.98. The first kappa shape index (κ1) is 14.0. The SMILES string of the molecule is COc1ccc(NC(C)=O)cc1NC(=O)[C@H](C)N. The van der Waals surface area contributed by atoms with Crippen molar-refractivity contribution in [1.82, 2.24) is 0 Å². The molecule has 18 heavy (non-hydrogen) atoms. The van der Waals surface area contributed by atoms with Gasteiger partial charge in [0.25, 0.3) is 0 Å². The average Bonchev–Trinajstić information content (AvgIpc) is 2.28. The monoisotopic (exact) mass is 251 g/mol. The summed E-state index contributed by atoms with van der Waals surface area (Å²) in [7, 11) is 1.49. The number of rotatable bonds is 4. The third-order valence-corrected chi connectivity index (χ3v) is 2.19. The Kier molecular flexibility index (Phi) is 4.67. The number of benzene rings is 1. The number of nitrogens with one attached hydrogen (secondary N) is 2. The van der Waals surface area contributed by atoms with Crippen molar-refractivity contribution in [3.8, 4) is 5.75 Å². The van der Waals surface area contributed by atoms with Gasteiger partial charge in [0, 0.05) is 12.6 Å². The molecule has 0 unspecified atom stereocenters. The van der Waals surface area contributed by atoms with E-state index < -0.39 is 6.04 Å². The van der Waals surface area contributed by atoms with E-state index in [2.05, 4.69) is 10.6 Å². The van der Waals surface area contributed by atoms with Crippen molar-refractivity contribution in [2.45, 2.75) is 19.9 Å². The van der Waals surface area contributed by atoms with Crippen LogP contribution in [0.25, 0.3) is 0 Å². The van der Waals surface area contributed by atoms with Crippen LogP contribution in [0, 0.1) is 0 Å². The number of hydrogen-bond donors (Lipinski definition) is 3. The van der Waals surface area contributed by atoms with Gasteiger partial charge in [0.15, 0.2) is 0 Å². The Bertz CT molecular complexity index is 458. The lowest BCUT2D eigenvalue weighted by atomic mass is 10.2. The molecular formula is C12H17N3O3. The number of hydrogen-bond acceptors (Lipinski definition) is 4. The van der Waals surface area contributed by atoms with Crippen LogP contribution in [0.2, 0.25) is 0 Å². The Labute approximate surface area is 105 Å². The standard InChI is InChI=1S/C12H17N3O3/c1-7(13)12(17)15-10-6-9(14-8(2)16)4-5-11(10)18-3/h4-7H,13H2,1-3H3,(H,14,16)(H,15,17)/t7-/m0/s1. The highest BCUT2D eigenvalue weighted by Gasteiger charge is 2.12. The predicted molar refractivity (Wildman–Crippen MR) is 69.6 cm³/mol. The van der Waals surface area contributed by atoms with Crippen LogP contribution in [-0.2, 0) is 9.59 Å². The maximum atomic E-state index is 11.5. The normalized spacial score (nSPS) is 11.6. The molecule has 0 heterocycles. The fraction of sp³-hybridized carbons (Fsp3) is 0.333. The zero-order valence-corrected chi connectivity index (χ0v) is 10.6. The molecule has 0 bridgehead atoms. The van der Waals surface area contributed by atoms with Crippen LogP contribution in [0.4, 0.5) is 11.4 Å². The topological polar surface area (TPSA) is 93.5 Å². The van der Waals surface area contributed by atoms with Gasteiger partial charge in [-0.3, -0.25) is 9.59 Å². The Hall–Kier alpha value is -2.08. The summed E-state index contributed by atoms with van der Waals surface area (Å²) in [6, 6.07) is 4.32. The Morgan fingerprint density at radius 2 is 2.00 bits per heavy atom. The first-order valence-corrected chi connectivity index (χ1v) is 5.46. The van der Waals surface area contributed by atoms with E-state index in [9.17, 15) is 9.59 Å². The van der Waals surface area contributed by atoms with Crippen LogP contribution in [0.5, 0.6) is 5.75 Å². The van der Waals surface area contributed by atoms with Gasteiger partial charge in [0.1, 0.15) is 5.75 Å². The lowest BCUT2D eigenvalue weighted by Crippen LogP contribution is -2.32. The minimum Gasteiger partial charge on any atom is -0.495 e. The van der Waals surface area contributed by atoms with Crippen molar-refractivity contribution in [2.75, 3.05) is 17.7 Å². The smallest absolute Gasteiger partial charge is 0.241 e. The third-order valence-electron chi connectivity index (χ3n) is 2.19. The quantitative estimate of drug-likeness (QED) is 0.742. The van der Waals surface area contributed by atoms with Crippen LogP contribution in [-0.4, -0.2) is 25.0 Å². The molecule has 0 radical (unpaired) electrons. The van der Waals surface area contributed by atoms with Crippen LogP contribution in [0.15, 0.2) is 18.2 Å². The van der Waals surface area contributed by atoms with Crippen molar-refractivity contribution in [2.24, 2.45) is 5.73 Å². The van der Waals surface area contributed by atoms with Crippen molar-refractivity contribution in [3.05, 3.63) is 18.2 Å². The summed E-state index contributed by atoms with van der Waals surface area (Å²) in [4.78, 5) is 22.5. The summed E-state index contributed by atoms with van der Waals surface area (Å²) in [6.45, 7) is 2.99. The highest BCUT2D eigenvalue weighted by atomic mass is 16.5. The molecule has 2 amide bonds. The zero-order valence-electron chi connectivity index (χ0n) is 10.6. The molecule has 1 rings (SSSR count). The van der Waals surface area contributed by atoms with Gasteiger partial charge >= 0.3 is 0 Å². The van der Waals surface area contributed by atoms with Crippen molar-refractivity contribution in [1.29, 1.82) is 0 Å². The molecule has 1 atom stereocenters. The molecule has 0 aliphatic heterocycles. The molecule has 0 saturated heterocycles. The molecule has 1 aromatic carbocycles. The number of anilines is 2. The second-order valence-corrected chi connectivity index (χ2v) is 3.87. The number of carbonyl (C=O) groups is 2. The van der Waals surface area contributed by atoms with E-state index in [1.165, 1.54) is 14.0 Å². The van der Waals surface area contributed by atoms with Crippen molar-refractivity contribution in [3.63, 3.8) is 0 Å². The molecule has 0 saturated carbocycles. The Morgan fingerprint density at radius 3 is 2.50 bits per heavy atom. The molecule has 6 nitrogen and oxygen atoms in total.